The van der Waals surface area contributed by atoms with E-state index in [0.29, 0.717) is 17.8 Å². The Morgan fingerprint density at radius 2 is 2.24 bits per heavy atom. The van der Waals surface area contributed by atoms with Crippen LogP contribution in [0.25, 0.3) is 10.9 Å². The van der Waals surface area contributed by atoms with Crippen LogP contribution in [0.1, 0.15) is 37.9 Å². The van der Waals surface area contributed by atoms with Crippen LogP contribution in [-0.4, -0.2) is 20.1 Å². The van der Waals surface area contributed by atoms with Gasteiger partial charge in [-0.1, -0.05) is 12.1 Å². The zero-order valence-corrected chi connectivity index (χ0v) is 13.9. The van der Waals surface area contributed by atoms with Crippen molar-refractivity contribution in [1.29, 1.82) is 0 Å². The zero-order chi connectivity index (χ0) is 15.0. The molecule has 1 aromatic carbocycles. The second-order valence-electron chi connectivity index (χ2n) is 5.90. The highest BCUT2D eigenvalue weighted by molar-refractivity contribution is 8.00. The fourth-order valence-electron chi connectivity index (χ4n) is 2.94. The number of hydrogen-bond acceptors (Lipinski definition) is 3. The molecule has 21 heavy (non-hydrogen) atoms. The summed E-state index contributed by atoms with van der Waals surface area (Å²) < 4.78 is 1.90. The minimum Gasteiger partial charge on any atom is -0.293 e. The first-order chi connectivity index (χ1) is 10.0. The molecule has 1 aliphatic rings. The lowest BCUT2D eigenvalue weighted by atomic mass is 10.1. The normalized spacial score (nSPS) is 23.6. The second kappa shape index (κ2) is 5.65. The predicted octanol–water partition coefficient (Wildman–Crippen LogP) is 3.98. The SMILES string of the molecule is CC(Cl)c1nc2ccccc2c(=O)n1CC1(C)CCCS1. The number of para-hydroxylation sites is 1. The monoisotopic (exact) mass is 322 g/mol. The van der Waals surface area contributed by atoms with Gasteiger partial charge in [0.15, 0.2) is 0 Å². The first kappa shape index (κ1) is 14.9. The molecule has 0 N–H and O–H groups in total. The van der Waals surface area contributed by atoms with Crippen molar-refractivity contribution in [2.75, 3.05) is 5.75 Å². The van der Waals surface area contributed by atoms with E-state index in [2.05, 4.69) is 11.9 Å². The van der Waals surface area contributed by atoms with Gasteiger partial charge >= 0.3 is 0 Å². The standard InChI is InChI=1S/C16H19ClN2OS/c1-11(17)14-18-13-7-4-3-6-12(13)15(20)19(14)10-16(2)8-5-9-21-16/h3-4,6-7,11H,5,8-10H2,1-2H3. The quantitative estimate of drug-likeness (QED) is 0.802. The summed E-state index contributed by atoms with van der Waals surface area (Å²) in [5.74, 6) is 1.84. The average Bonchev–Trinajstić information content (AvgIpc) is 2.88. The summed E-state index contributed by atoms with van der Waals surface area (Å²) in [7, 11) is 0. The van der Waals surface area contributed by atoms with E-state index in [1.54, 1.807) is 4.57 Å². The van der Waals surface area contributed by atoms with E-state index in [1.165, 1.54) is 6.42 Å². The molecule has 3 nitrogen and oxygen atoms in total. The van der Waals surface area contributed by atoms with Crippen molar-refractivity contribution >= 4 is 34.3 Å². The molecule has 0 spiro atoms. The largest absolute Gasteiger partial charge is 0.293 e. The summed E-state index contributed by atoms with van der Waals surface area (Å²) in [6.45, 7) is 4.79. The molecular weight excluding hydrogens is 304 g/mol. The van der Waals surface area contributed by atoms with E-state index in [4.69, 9.17) is 11.6 Å². The van der Waals surface area contributed by atoms with Gasteiger partial charge in [0.1, 0.15) is 5.82 Å². The molecule has 1 fully saturated rings. The Balaban J connectivity index is 2.17. The molecule has 1 aliphatic heterocycles. The van der Waals surface area contributed by atoms with Crippen molar-refractivity contribution in [1.82, 2.24) is 9.55 Å². The maximum Gasteiger partial charge on any atom is 0.261 e. The number of aromatic nitrogens is 2. The average molecular weight is 323 g/mol. The summed E-state index contributed by atoms with van der Waals surface area (Å²) in [5.41, 5.74) is 0.752. The summed E-state index contributed by atoms with van der Waals surface area (Å²) in [4.78, 5) is 17.5. The summed E-state index contributed by atoms with van der Waals surface area (Å²) in [6.07, 6.45) is 2.34. The van der Waals surface area contributed by atoms with Gasteiger partial charge in [-0.15, -0.1) is 11.6 Å². The van der Waals surface area contributed by atoms with Gasteiger partial charge in [0.05, 0.1) is 16.3 Å². The lowest BCUT2D eigenvalue weighted by Gasteiger charge is -2.26. The summed E-state index contributed by atoms with van der Waals surface area (Å²) in [6, 6.07) is 7.49. The number of halogens is 1. The summed E-state index contributed by atoms with van der Waals surface area (Å²) in [5, 5.41) is 0.391. The van der Waals surface area contributed by atoms with Crippen molar-refractivity contribution in [3.63, 3.8) is 0 Å². The molecule has 1 aromatic heterocycles. The third-order valence-electron chi connectivity index (χ3n) is 4.04. The van der Waals surface area contributed by atoms with Crippen LogP contribution in [0.3, 0.4) is 0 Å². The van der Waals surface area contributed by atoms with Crippen LogP contribution in [-0.2, 0) is 6.54 Å². The van der Waals surface area contributed by atoms with E-state index in [9.17, 15) is 4.79 Å². The van der Waals surface area contributed by atoms with Gasteiger partial charge in [0, 0.05) is 11.3 Å². The van der Waals surface area contributed by atoms with Crippen LogP contribution >= 0.6 is 23.4 Å². The molecule has 5 heteroatoms. The molecule has 3 rings (SSSR count). The van der Waals surface area contributed by atoms with Crippen LogP contribution in [0.4, 0.5) is 0 Å². The number of hydrogen-bond donors (Lipinski definition) is 0. The maximum absolute atomic E-state index is 12.8. The number of thioether (sulfide) groups is 1. The molecule has 2 atom stereocenters. The van der Waals surface area contributed by atoms with E-state index in [1.807, 2.05) is 43.0 Å². The molecule has 0 bridgehead atoms. The molecule has 2 heterocycles. The first-order valence-electron chi connectivity index (χ1n) is 7.28. The topological polar surface area (TPSA) is 34.9 Å². The van der Waals surface area contributed by atoms with Gasteiger partial charge in [-0.3, -0.25) is 9.36 Å². The molecule has 0 amide bonds. The third-order valence-corrected chi connectivity index (χ3v) is 5.76. The van der Waals surface area contributed by atoms with Crippen molar-refractivity contribution in [2.45, 2.75) is 43.4 Å². The van der Waals surface area contributed by atoms with Gasteiger partial charge in [-0.25, -0.2) is 4.98 Å². The Bertz CT molecular complexity index is 720. The number of rotatable bonds is 3. The Hall–Kier alpha value is -1.00. The Morgan fingerprint density at radius 3 is 2.90 bits per heavy atom. The van der Waals surface area contributed by atoms with Gasteiger partial charge in [-0.2, -0.15) is 11.8 Å². The summed E-state index contributed by atoms with van der Waals surface area (Å²) >= 11 is 8.23. The molecular formula is C16H19ClN2OS. The minimum absolute atomic E-state index is 0.0248. The van der Waals surface area contributed by atoms with Gasteiger partial charge < -0.3 is 0 Å². The minimum atomic E-state index is -0.280. The predicted molar refractivity (Wildman–Crippen MR) is 90.4 cm³/mol. The number of benzene rings is 1. The lowest BCUT2D eigenvalue weighted by Crippen LogP contribution is -2.34. The Morgan fingerprint density at radius 1 is 1.48 bits per heavy atom. The van der Waals surface area contributed by atoms with E-state index in [0.717, 1.165) is 17.7 Å². The highest BCUT2D eigenvalue weighted by atomic mass is 35.5. The van der Waals surface area contributed by atoms with E-state index in [-0.39, 0.29) is 15.7 Å². The highest BCUT2D eigenvalue weighted by Gasteiger charge is 2.31. The van der Waals surface area contributed by atoms with Crippen molar-refractivity contribution in [2.24, 2.45) is 0 Å². The highest BCUT2D eigenvalue weighted by Crippen LogP contribution is 2.39. The van der Waals surface area contributed by atoms with E-state index >= 15 is 0 Å². The van der Waals surface area contributed by atoms with Crippen LogP contribution in [0.2, 0.25) is 0 Å². The third kappa shape index (κ3) is 2.84. The van der Waals surface area contributed by atoms with Crippen molar-refractivity contribution < 1.29 is 0 Å². The molecule has 0 aliphatic carbocycles. The van der Waals surface area contributed by atoms with Gasteiger partial charge in [0.2, 0.25) is 0 Å². The van der Waals surface area contributed by atoms with Crippen LogP contribution in [0.15, 0.2) is 29.1 Å². The zero-order valence-electron chi connectivity index (χ0n) is 12.3. The Labute approximate surface area is 133 Å². The Kier molecular flexibility index (Phi) is 4.02. The maximum atomic E-state index is 12.8. The second-order valence-corrected chi connectivity index (χ2v) is 8.23. The molecule has 0 saturated carbocycles. The van der Waals surface area contributed by atoms with Gasteiger partial charge in [-0.05, 0) is 44.6 Å². The number of nitrogens with zero attached hydrogens (tertiary/aromatic N) is 2. The molecule has 1 saturated heterocycles. The molecule has 0 radical (unpaired) electrons. The van der Waals surface area contributed by atoms with Crippen LogP contribution in [0, 0.1) is 0 Å². The number of alkyl halides is 1. The molecule has 2 unspecified atom stereocenters. The molecule has 112 valence electrons. The lowest BCUT2D eigenvalue weighted by molar-refractivity contribution is 0.483. The van der Waals surface area contributed by atoms with Crippen molar-refractivity contribution in [3.05, 3.63) is 40.4 Å². The van der Waals surface area contributed by atoms with Crippen molar-refractivity contribution in [3.8, 4) is 0 Å². The number of fused-ring (bicyclic) bond motifs is 1. The van der Waals surface area contributed by atoms with Crippen LogP contribution < -0.4 is 5.56 Å². The molecule has 2 aromatic rings. The smallest absolute Gasteiger partial charge is 0.261 e. The fourth-order valence-corrected chi connectivity index (χ4v) is 4.39. The fraction of sp³-hybridized carbons (Fsp3) is 0.500. The van der Waals surface area contributed by atoms with Gasteiger partial charge in [0.25, 0.3) is 5.56 Å². The van der Waals surface area contributed by atoms with E-state index < -0.39 is 0 Å². The first-order valence-corrected chi connectivity index (χ1v) is 8.70. The van der Waals surface area contributed by atoms with Crippen LogP contribution in [0.5, 0.6) is 0 Å².